The van der Waals surface area contributed by atoms with Crippen molar-refractivity contribution < 1.29 is 18.4 Å². The third kappa shape index (κ3) is 2.42. The van der Waals surface area contributed by atoms with Gasteiger partial charge in [0, 0.05) is 12.1 Å². The van der Waals surface area contributed by atoms with Crippen LogP contribution in [0.3, 0.4) is 0 Å². The fraction of sp³-hybridized carbons (Fsp3) is 0. The minimum absolute atomic E-state index is 0.115. The van der Waals surface area contributed by atoms with E-state index in [0.29, 0.717) is 0 Å². The highest BCUT2D eigenvalue weighted by Crippen LogP contribution is 2.28. The molecule has 0 saturated carbocycles. The van der Waals surface area contributed by atoms with Gasteiger partial charge in [-0.25, -0.2) is 8.78 Å². The minimum atomic E-state index is -0.839. The lowest BCUT2D eigenvalue weighted by Gasteiger charge is -2.07. The highest BCUT2D eigenvalue weighted by atomic mass is 19.1. The monoisotopic (exact) mass is 251 g/mol. The molecule has 2 aromatic carbocycles. The van der Waals surface area contributed by atoms with Crippen LogP contribution in [0.1, 0.15) is 0 Å². The standard InChI is InChI=1S/C12H7F2NO3/c13-10-2-1-3-11(14)12(10)18-9-6-4-8(5-7-9)15(16)17/h1-7H. The number of para-hydroxylation sites is 1. The summed E-state index contributed by atoms with van der Waals surface area (Å²) < 4.78 is 31.5. The van der Waals surface area contributed by atoms with Crippen LogP contribution in [-0.4, -0.2) is 4.92 Å². The van der Waals surface area contributed by atoms with Crippen molar-refractivity contribution in [3.8, 4) is 11.5 Å². The van der Waals surface area contributed by atoms with Gasteiger partial charge in [0.2, 0.25) is 0 Å². The summed E-state index contributed by atoms with van der Waals surface area (Å²) in [6.45, 7) is 0. The molecule has 6 heteroatoms. The molecule has 0 bridgehead atoms. The Balaban J connectivity index is 2.26. The number of hydrogen-bond donors (Lipinski definition) is 0. The number of nitro benzene ring substituents is 1. The van der Waals surface area contributed by atoms with Crippen LogP contribution < -0.4 is 4.74 Å². The van der Waals surface area contributed by atoms with E-state index in [4.69, 9.17) is 4.74 Å². The number of nitro groups is 1. The summed E-state index contributed by atoms with van der Waals surface area (Å²) in [4.78, 5) is 9.85. The Morgan fingerprint density at radius 1 is 1.00 bits per heavy atom. The molecule has 0 aliphatic rings. The van der Waals surface area contributed by atoms with Gasteiger partial charge in [-0.3, -0.25) is 10.1 Å². The fourth-order valence-corrected chi connectivity index (χ4v) is 1.33. The first-order valence-corrected chi connectivity index (χ1v) is 4.94. The van der Waals surface area contributed by atoms with E-state index in [-0.39, 0.29) is 11.4 Å². The first kappa shape index (κ1) is 12.0. The number of halogens is 2. The Kier molecular flexibility index (Phi) is 3.18. The van der Waals surface area contributed by atoms with Crippen LogP contribution >= 0.6 is 0 Å². The van der Waals surface area contributed by atoms with Gasteiger partial charge in [-0.05, 0) is 24.3 Å². The third-order valence-electron chi connectivity index (χ3n) is 2.19. The van der Waals surface area contributed by atoms with Gasteiger partial charge in [0.15, 0.2) is 17.4 Å². The smallest absolute Gasteiger partial charge is 0.269 e. The second kappa shape index (κ2) is 4.79. The molecule has 0 aliphatic carbocycles. The first-order chi connectivity index (χ1) is 8.58. The lowest BCUT2D eigenvalue weighted by atomic mass is 10.3. The van der Waals surface area contributed by atoms with Crippen molar-refractivity contribution in [1.82, 2.24) is 0 Å². The molecule has 0 radical (unpaired) electrons. The summed E-state index contributed by atoms with van der Waals surface area (Å²) in [6.07, 6.45) is 0. The first-order valence-electron chi connectivity index (χ1n) is 4.94. The van der Waals surface area contributed by atoms with E-state index < -0.39 is 22.3 Å². The summed E-state index contributed by atoms with van der Waals surface area (Å²) in [7, 11) is 0. The summed E-state index contributed by atoms with van der Waals surface area (Å²) in [6, 6.07) is 8.25. The molecular formula is C12H7F2NO3. The van der Waals surface area contributed by atoms with Crippen molar-refractivity contribution in [2.24, 2.45) is 0 Å². The van der Waals surface area contributed by atoms with E-state index in [2.05, 4.69) is 0 Å². The topological polar surface area (TPSA) is 52.4 Å². The zero-order chi connectivity index (χ0) is 13.1. The van der Waals surface area contributed by atoms with Crippen LogP contribution in [-0.2, 0) is 0 Å². The fourth-order valence-electron chi connectivity index (χ4n) is 1.33. The highest BCUT2D eigenvalue weighted by Gasteiger charge is 2.11. The summed E-state index contributed by atoms with van der Waals surface area (Å²) in [5.41, 5.74) is -0.128. The summed E-state index contributed by atoms with van der Waals surface area (Å²) in [5, 5.41) is 10.4. The summed E-state index contributed by atoms with van der Waals surface area (Å²) in [5.74, 6) is -2.10. The van der Waals surface area contributed by atoms with Crippen LogP contribution in [0.15, 0.2) is 42.5 Å². The molecule has 0 aromatic heterocycles. The minimum Gasteiger partial charge on any atom is -0.451 e. The predicted octanol–water partition coefficient (Wildman–Crippen LogP) is 3.67. The van der Waals surface area contributed by atoms with Crippen LogP contribution in [0.4, 0.5) is 14.5 Å². The Morgan fingerprint density at radius 3 is 2.06 bits per heavy atom. The molecule has 4 nitrogen and oxygen atoms in total. The number of non-ortho nitro benzene ring substituents is 1. The van der Waals surface area contributed by atoms with Gasteiger partial charge in [-0.15, -0.1) is 0 Å². The molecule has 2 rings (SSSR count). The predicted molar refractivity (Wildman–Crippen MR) is 59.5 cm³/mol. The normalized spacial score (nSPS) is 10.1. The summed E-state index contributed by atoms with van der Waals surface area (Å²) >= 11 is 0. The van der Waals surface area contributed by atoms with E-state index in [0.717, 1.165) is 12.1 Å². The molecule has 0 heterocycles. The molecule has 92 valence electrons. The van der Waals surface area contributed by atoms with Gasteiger partial charge in [0.05, 0.1) is 4.92 Å². The molecule has 0 atom stereocenters. The van der Waals surface area contributed by atoms with Gasteiger partial charge < -0.3 is 4.74 Å². The molecule has 0 unspecified atom stereocenters. The second-order valence-corrected chi connectivity index (χ2v) is 3.40. The van der Waals surface area contributed by atoms with Crippen molar-refractivity contribution >= 4 is 5.69 Å². The number of nitrogens with zero attached hydrogens (tertiary/aromatic N) is 1. The van der Waals surface area contributed by atoms with Gasteiger partial charge in [-0.2, -0.15) is 0 Å². The quantitative estimate of drug-likeness (QED) is 0.617. The van der Waals surface area contributed by atoms with Crippen LogP contribution in [0.5, 0.6) is 11.5 Å². The van der Waals surface area contributed by atoms with E-state index in [1.54, 1.807) is 0 Å². The molecule has 0 fully saturated rings. The van der Waals surface area contributed by atoms with Crippen LogP contribution in [0, 0.1) is 21.7 Å². The number of ether oxygens (including phenoxy) is 1. The Morgan fingerprint density at radius 2 is 1.56 bits per heavy atom. The number of rotatable bonds is 3. The van der Waals surface area contributed by atoms with Crippen molar-refractivity contribution in [2.45, 2.75) is 0 Å². The zero-order valence-electron chi connectivity index (χ0n) is 8.97. The van der Waals surface area contributed by atoms with E-state index in [9.17, 15) is 18.9 Å². The number of benzene rings is 2. The lowest BCUT2D eigenvalue weighted by Crippen LogP contribution is -1.93. The molecule has 0 amide bonds. The lowest BCUT2D eigenvalue weighted by molar-refractivity contribution is -0.384. The zero-order valence-corrected chi connectivity index (χ0v) is 8.97. The third-order valence-corrected chi connectivity index (χ3v) is 2.19. The molecule has 0 spiro atoms. The SMILES string of the molecule is O=[N+]([O-])c1ccc(Oc2c(F)cccc2F)cc1. The van der Waals surface area contributed by atoms with Gasteiger partial charge in [0.1, 0.15) is 5.75 Å². The Bertz CT molecular complexity index is 564. The van der Waals surface area contributed by atoms with E-state index in [1.807, 2.05) is 0 Å². The maximum absolute atomic E-state index is 13.3. The van der Waals surface area contributed by atoms with Gasteiger partial charge in [0.25, 0.3) is 5.69 Å². The van der Waals surface area contributed by atoms with Crippen molar-refractivity contribution in [1.29, 1.82) is 0 Å². The molecule has 0 saturated heterocycles. The molecule has 0 N–H and O–H groups in total. The van der Waals surface area contributed by atoms with E-state index >= 15 is 0 Å². The highest BCUT2D eigenvalue weighted by molar-refractivity contribution is 5.39. The average Bonchev–Trinajstić information content (AvgIpc) is 2.34. The van der Waals surface area contributed by atoms with Gasteiger partial charge >= 0.3 is 0 Å². The Hall–Kier alpha value is -2.50. The maximum Gasteiger partial charge on any atom is 0.269 e. The largest absolute Gasteiger partial charge is 0.451 e. The van der Waals surface area contributed by atoms with Gasteiger partial charge in [-0.1, -0.05) is 6.07 Å². The molecule has 2 aromatic rings. The van der Waals surface area contributed by atoms with E-state index in [1.165, 1.54) is 30.3 Å². The maximum atomic E-state index is 13.3. The molecular weight excluding hydrogens is 244 g/mol. The molecule has 0 aliphatic heterocycles. The van der Waals surface area contributed by atoms with Crippen molar-refractivity contribution in [2.75, 3.05) is 0 Å². The van der Waals surface area contributed by atoms with Crippen LogP contribution in [0.2, 0.25) is 0 Å². The average molecular weight is 251 g/mol. The molecule has 18 heavy (non-hydrogen) atoms. The number of hydrogen-bond acceptors (Lipinski definition) is 3. The van der Waals surface area contributed by atoms with Crippen molar-refractivity contribution in [3.05, 3.63) is 64.2 Å². The van der Waals surface area contributed by atoms with Crippen LogP contribution in [0.25, 0.3) is 0 Å². The Labute approximate surface area is 101 Å². The second-order valence-electron chi connectivity index (χ2n) is 3.40. The van der Waals surface area contributed by atoms with Crippen molar-refractivity contribution in [3.63, 3.8) is 0 Å².